The predicted molar refractivity (Wildman–Crippen MR) is 65.7 cm³/mol. The fourth-order valence-corrected chi connectivity index (χ4v) is 2.08. The van der Waals surface area contributed by atoms with Crippen LogP contribution in [0.3, 0.4) is 0 Å². The fourth-order valence-electron chi connectivity index (χ4n) is 1.60. The molecular weight excluding hydrogens is 268 g/mol. The van der Waals surface area contributed by atoms with E-state index in [1.807, 2.05) is 24.3 Å². The molecule has 2 aromatic carbocycles. The molecule has 0 aliphatic heterocycles. The summed E-state index contributed by atoms with van der Waals surface area (Å²) in [4.78, 5) is 14.4. The highest BCUT2D eigenvalue weighted by Gasteiger charge is 2.12. The van der Waals surface area contributed by atoms with E-state index in [4.69, 9.17) is 5.53 Å². The Kier molecular flexibility index (Phi) is 2.95. The minimum Gasteiger partial charge on any atom is -0.361 e. The van der Waals surface area contributed by atoms with Gasteiger partial charge in [-0.15, -0.1) is 0 Å². The van der Waals surface area contributed by atoms with Gasteiger partial charge in [0, 0.05) is 10.0 Å². The molecule has 0 aromatic heterocycles. The van der Waals surface area contributed by atoms with Crippen molar-refractivity contribution in [1.29, 1.82) is 0 Å². The molecule has 0 aliphatic rings. The molecule has 0 unspecified atom stereocenters. The highest BCUT2D eigenvalue weighted by molar-refractivity contribution is 9.10. The molecule has 0 heterocycles. The van der Waals surface area contributed by atoms with Gasteiger partial charge in [0.15, 0.2) is 0 Å². The Labute approximate surface area is 100 Å². The van der Waals surface area contributed by atoms with Crippen LogP contribution in [0.1, 0.15) is 10.4 Å². The summed E-state index contributed by atoms with van der Waals surface area (Å²) in [5.41, 5.74) is 8.89. The Balaban J connectivity index is 2.77. The molecule has 0 spiro atoms. The van der Waals surface area contributed by atoms with Crippen LogP contribution in [0.2, 0.25) is 0 Å². The van der Waals surface area contributed by atoms with E-state index < -0.39 is 0 Å². The van der Waals surface area contributed by atoms with Gasteiger partial charge in [-0.05, 0) is 22.9 Å². The first-order valence-corrected chi connectivity index (χ1v) is 5.42. The number of fused-ring (bicyclic) bond motifs is 1. The van der Waals surface area contributed by atoms with E-state index >= 15 is 0 Å². The van der Waals surface area contributed by atoms with Gasteiger partial charge in [0.2, 0.25) is 0 Å². The Morgan fingerprint density at radius 2 is 1.88 bits per heavy atom. The molecule has 2 rings (SSSR count). The largest absolute Gasteiger partial charge is 0.361 e. The van der Waals surface area contributed by atoms with Gasteiger partial charge in [0.25, 0.3) is 5.78 Å². The highest BCUT2D eigenvalue weighted by atomic mass is 79.9. The number of nitrogens with zero attached hydrogens (tertiary/aromatic N) is 2. The number of hydrogen-bond donors (Lipinski definition) is 0. The van der Waals surface area contributed by atoms with Crippen LogP contribution in [-0.2, 0) is 0 Å². The number of benzene rings is 2. The smallest absolute Gasteiger partial charge is 0.328 e. The van der Waals surface area contributed by atoms with Gasteiger partial charge in [-0.25, -0.2) is 0 Å². The first-order valence-electron chi connectivity index (χ1n) is 4.63. The van der Waals surface area contributed by atoms with Gasteiger partial charge in [-0.3, -0.25) is 4.79 Å². The van der Waals surface area contributed by atoms with Gasteiger partial charge < -0.3 is 5.53 Å². The van der Waals surface area contributed by atoms with Gasteiger partial charge in [0.1, 0.15) is 0 Å². The van der Waals surface area contributed by atoms with E-state index in [1.165, 1.54) is 0 Å². The zero-order valence-electron chi connectivity index (χ0n) is 8.22. The third-order valence-electron chi connectivity index (χ3n) is 2.31. The molecule has 78 valence electrons. The Morgan fingerprint density at radius 3 is 2.56 bits per heavy atom. The van der Waals surface area contributed by atoms with Crippen LogP contribution >= 0.6 is 15.9 Å². The van der Waals surface area contributed by atoms with Gasteiger partial charge in [-0.2, -0.15) is 4.79 Å². The second-order valence-corrected chi connectivity index (χ2v) is 4.10. The van der Waals surface area contributed by atoms with Crippen LogP contribution in [0.25, 0.3) is 16.3 Å². The van der Waals surface area contributed by atoms with E-state index in [0.29, 0.717) is 5.56 Å². The summed E-state index contributed by atoms with van der Waals surface area (Å²) < 4.78 is 0.931. The Hall–Kier alpha value is -1.77. The predicted octanol–water partition coefficient (Wildman–Crippen LogP) is 3.09. The van der Waals surface area contributed by atoms with Crippen molar-refractivity contribution < 1.29 is 9.58 Å². The summed E-state index contributed by atoms with van der Waals surface area (Å²) in [5.74, 6) is -0.314. The third kappa shape index (κ3) is 1.81. The molecule has 0 fully saturated rings. The minimum absolute atomic E-state index is 0.314. The standard InChI is InChI=1S/C12H7BrN2O/c13-11-6-5-10(12(16)7-15-14)8-3-1-2-4-9(8)11/h1-7H. The fraction of sp³-hybridized carbons (Fsp3) is 0. The van der Waals surface area contributed by atoms with E-state index in [2.05, 4.69) is 20.7 Å². The quantitative estimate of drug-likeness (QED) is 0.359. The maximum atomic E-state index is 11.6. The van der Waals surface area contributed by atoms with Gasteiger partial charge >= 0.3 is 6.21 Å². The highest BCUT2D eigenvalue weighted by Crippen LogP contribution is 2.26. The lowest BCUT2D eigenvalue weighted by molar-refractivity contribution is 0.00236. The van der Waals surface area contributed by atoms with E-state index in [9.17, 15) is 4.79 Å². The number of carbonyl (C=O) groups is 1. The lowest BCUT2D eigenvalue weighted by Gasteiger charge is -2.03. The molecule has 0 amide bonds. The molecule has 16 heavy (non-hydrogen) atoms. The zero-order valence-corrected chi connectivity index (χ0v) is 9.81. The lowest BCUT2D eigenvalue weighted by Crippen LogP contribution is -2.01. The minimum atomic E-state index is -0.314. The molecule has 0 radical (unpaired) electrons. The molecule has 0 N–H and O–H groups in total. The van der Waals surface area contributed by atoms with E-state index in [1.54, 1.807) is 12.1 Å². The monoisotopic (exact) mass is 274 g/mol. The molecule has 0 saturated carbocycles. The lowest BCUT2D eigenvalue weighted by atomic mass is 10.0. The van der Waals surface area contributed by atoms with Gasteiger partial charge in [-0.1, -0.05) is 40.2 Å². The van der Waals surface area contributed by atoms with E-state index in [-0.39, 0.29) is 5.78 Å². The Morgan fingerprint density at radius 1 is 1.19 bits per heavy atom. The summed E-state index contributed by atoms with van der Waals surface area (Å²) >= 11 is 3.42. The first kappa shape index (κ1) is 10.7. The van der Waals surface area contributed by atoms with Crippen LogP contribution in [0, 0.1) is 0 Å². The first-order chi connectivity index (χ1) is 7.74. The number of hydrogen-bond acceptors (Lipinski definition) is 1. The number of halogens is 1. The zero-order chi connectivity index (χ0) is 11.5. The van der Waals surface area contributed by atoms with Crippen molar-refractivity contribution in [3.05, 3.63) is 52.0 Å². The summed E-state index contributed by atoms with van der Waals surface area (Å²) in [6.07, 6.45) is 0.898. The Bertz CT molecular complexity index is 615. The molecule has 0 saturated heterocycles. The van der Waals surface area contributed by atoms with Crippen LogP contribution < -0.4 is 0 Å². The normalized spacial score (nSPS) is 9.81. The summed E-state index contributed by atoms with van der Waals surface area (Å²) in [6, 6.07) is 11.1. The van der Waals surface area contributed by atoms with Crippen LogP contribution in [-0.4, -0.2) is 16.8 Å². The maximum absolute atomic E-state index is 11.6. The summed E-state index contributed by atoms with van der Waals surface area (Å²) in [5, 5.41) is 1.79. The van der Waals surface area contributed by atoms with Crippen molar-refractivity contribution in [3.8, 4) is 0 Å². The van der Waals surface area contributed by atoms with Crippen LogP contribution in [0.5, 0.6) is 0 Å². The van der Waals surface area contributed by atoms with Crippen molar-refractivity contribution in [1.82, 2.24) is 0 Å². The average molecular weight is 275 g/mol. The number of carbonyl (C=O) groups excluding carboxylic acids is 1. The molecule has 2 aromatic rings. The molecule has 4 heteroatoms. The number of Topliss-reactive ketones (excluding diaryl/α,β-unsaturated/α-hetero) is 1. The molecular formula is C12H7BrN2O. The SMILES string of the molecule is [N-]=[N+]=CC(=O)c1ccc(Br)c2ccccc12. The number of ketones is 1. The van der Waals surface area contributed by atoms with Crippen molar-refractivity contribution in [3.63, 3.8) is 0 Å². The van der Waals surface area contributed by atoms with Crippen molar-refractivity contribution in [2.45, 2.75) is 0 Å². The second kappa shape index (κ2) is 4.39. The van der Waals surface area contributed by atoms with Gasteiger partial charge in [0.05, 0.1) is 0 Å². The van der Waals surface area contributed by atoms with Crippen molar-refractivity contribution >= 4 is 38.7 Å². The van der Waals surface area contributed by atoms with Crippen molar-refractivity contribution in [2.75, 3.05) is 0 Å². The topological polar surface area (TPSA) is 53.5 Å². The maximum Gasteiger partial charge on any atom is 0.328 e. The average Bonchev–Trinajstić information content (AvgIpc) is 2.30. The molecule has 3 nitrogen and oxygen atoms in total. The van der Waals surface area contributed by atoms with Crippen molar-refractivity contribution in [2.24, 2.45) is 0 Å². The summed E-state index contributed by atoms with van der Waals surface area (Å²) in [6.45, 7) is 0. The van der Waals surface area contributed by atoms with Crippen LogP contribution in [0.4, 0.5) is 0 Å². The molecule has 0 bridgehead atoms. The summed E-state index contributed by atoms with van der Waals surface area (Å²) in [7, 11) is 0. The molecule has 0 atom stereocenters. The molecule has 0 aliphatic carbocycles. The second-order valence-electron chi connectivity index (χ2n) is 3.25. The van der Waals surface area contributed by atoms with E-state index in [0.717, 1.165) is 21.5 Å². The third-order valence-corrected chi connectivity index (χ3v) is 3.00. The number of rotatable bonds is 2. The van der Waals surface area contributed by atoms with Crippen LogP contribution in [0.15, 0.2) is 40.9 Å².